The first-order valence-electron chi connectivity index (χ1n) is 8.37. The Kier molecular flexibility index (Phi) is 5.65. The van der Waals surface area contributed by atoms with Gasteiger partial charge < -0.3 is 5.32 Å². The number of nitrogens with one attached hydrogen (secondary N) is 1. The SMILES string of the molecule is C=C/C=C\Nc1ccc(Cc2c(Cl)nc3c(C)cc(C)cc3c2Cl)cc1. The van der Waals surface area contributed by atoms with Crippen LogP contribution in [-0.2, 0) is 6.42 Å². The minimum Gasteiger partial charge on any atom is -0.362 e. The van der Waals surface area contributed by atoms with Gasteiger partial charge in [-0.1, -0.05) is 59.6 Å². The van der Waals surface area contributed by atoms with Crippen molar-refractivity contribution in [3.63, 3.8) is 0 Å². The normalized spacial score (nSPS) is 11.2. The molecule has 1 heterocycles. The van der Waals surface area contributed by atoms with Crippen molar-refractivity contribution in [3.05, 3.63) is 93.8 Å². The summed E-state index contributed by atoms with van der Waals surface area (Å²) >= 11 is 13.2. The lowest BCUT2D eigenvalue weighted by Crippen LogP contribution is -1.97. The van der Waals surface area contributed by atoms with Crippen molar-refractivity contribution in [1.82, 2.24) is 4.98 Å². The Balaban J connectivity index is 1.93. The van der Waals surface area contributed by atoms with Crippen LogP contribution in [0.2, 0.25) is 10.2 Å². The van der Waals surface area contributed by atoms with Gasteiger partial charge in [-0.2, -0.15) is 0 Å². The Bertz CT molecular complexity index is 989. The molecule has 1 aromatic heterocycles. The van der Waals surface area contributed by atoms with E-state index in [-0.39, 0.29) is 0 Å². The first kappa shape index (κ1) is 18.5. The van der Waals surface area contributed by atoms with E-state index in [1.807, 2.05) is 31.3 Å². The van der Waals surface area contributed by atoms with Gasteiger partial charge in [-0.3, -0.25) is 0 Å². The summed E-state index contributed by atoms with van der Waals surface area (Å²) in [4.78, 5) is 4.59. The summed E-state index contributed by atoms with van der Waals surface area (Å²) in [6, 6.07) is 12.3. The molecule has 0 atom stereocenters. The molecule has 0 fully saturated rings. The maximum Gasteiger partial charge on any atom is 0.134 e. The third kappa shape index (κ3) is 3.92. The molecule has 0 saturated heterocycles. The van der Waals surface area contributed by atoms with Crippen molar-refractivity contribution in [2.75, 3.05) is 5.32 Å². The highest BCUT2D eigenvalue weighted by Gasteiger charge is 2.14. The zero-order chi connectivity index (χ0) is 18.7. The van der Waals surface area contributed by atoms with E-state index < -0.39 is 0 Å². The predicted octanol–water partition coefficient (Wildman–Crippen LogP) is 6.86. The highest BCUT2D eigenvalue weighted by molar-refractivity contribution is 6.39. The maximum atomic E-state index is 6.70. The van der Waals surface area contributed by atoms with E-state index in [1.54, 1.807) is 6.08 Å². The van der Waals surface area contributed by atoms with E-state index in [9.17, 15) is 0 Å². The van der Waals surface area contributed by atoms with Crippen molar-refractivity contribution in [2.24, 2.45) is 0 Å². The molecule has 0 bridgehead atoms. The highest BCUT2D eigenvalue weighted by Crippen LogP contribution is 2.34. The molecule has 0 unspecified atom stereocenters. The molecule has 26 heavy (non-hydrogen) atoms. The average molecular weight is 383 g/mol. The maximum absolute atomic E-state index is 6.70. The van der Waals surface area contributed by atoms with E-state index in [1.165, 1.54) is 0 Å². The number of anilines is 1. The zero-order valence-electron chi connectivity index (χ0n) is 14.8. The number of allylic oxidation sites excluding steroid dienone is 2. The topological polar surface area (TPSA) is 24.9 Å². The molecule has 1 N–H and O–H groups in total. The van der Waals surface area contributed by atoms with Crippen molar-refractivity contribution in [2.45, 2.75) is 20.3 Å². The fourth-order valence-electron chi connectivity index (χ4n) is 2.98. The van der Waals surface area contributed by atoms with Crippen LogP contribution in [0.4, 0.5) is 5.69 Å². The van der Waals surface area contributed by atoms with Gasteiger partial charge >= 0.3 is 0 Å². The summed E-state index contributed by atoms with van der Waals surface area (Å²) in [5, 5.41) is 5.28. The molecule has 3 rings (SSSR count). The molecule has 0 amide bonds. The van der Waals surface area contributed by atoms with E-state index >= 15 is 0 Å². The van der Waals surface area contributed by atoms with Crippen molar-refractivity contribution < 1.29 is 0 Å². The van der Waals surface area contributed by atoms with E-state index in [0.29, 0.717) is 16.6 Å². The Morgan fingerprint density at radius 1 is 1.12 bits per heavy atom. The van der Waals surface area contributed by atoms with Crippen LogP contribution in [0.25, 0.3) is 10.9 Å². The molecule has 2 nitrogen and oxygen atoms in total. The standard InChI is InChI=1S/C22H20Cl2N2/c1-4-5-10-25-17-8-6-16(7-9-17)13-19-20(23)18-12-14(2)11-15(3)21(18)26-22(19)24/h4-12,25H,1,13H2,2-3H3/b10-5-. The van der Waals surface area contributed by atoms with Crippen LogP contribution in [0.5, 0.6) is 0 Å². The van der Waals surface area contributed by atoms with Gasteiger partial charge in [0.1, 0.15) is 5.15 Å². The van der Waals surface area contributed by atoms with Crippen LogP contribution < -0.4 is 5.32 Å². The summed E-state index contributed by atoms with van der Waals surface area (Å²) in [5.74, 6) is 0. The molecule has 0 saturated carbocycles. The lowest BCUT2D eigenvalue weighted by atomic mass is 10.0. The Morgan fingerprint density at radius 3 is 2.54 bits per heavy atom. The monoisotopic (exact) mass is 382 g/mol. The molecule has 3 aromatic rings. The lowest BCUT2D eigenvalue weighted by Gasteiger charge is -2.12. The van der Waals surface area contributed by atoms with Crippen LogP contribution in [0.1, 0.15) is 22.3 Å². The minimum absolute atomic E-state index is 0.463. The van der Waals surface area contributed by atoms with Gasteiger partial charge in [0.05, 0.1) is 10.5 Å². The van der Waals surface area contributed by atoms with Gasteiger partial charge in [-0.05, 0) is 49.2 Å². The van der Waals surface area contributed by atoms with Crippen molar-refractivity contribution in [3.8, 4) is 0 Å². The number of nitrogens with zero attached hydrogens (tertiary/aromatic N) is 1. The van der Waals surface area contributed by atoms with Gasteiger partial charge in [0, 0.05) is 29.3 Å². The van der Waals surface area contributed by atoms with Gasteiger partial charge in [0.2, 0.25) is 0 Å². The molecule has 2 aromatic carbocycles. The average Bonchev–Trinajstić information content (AvgIpc) is 2.61. The predicted molar refractivity (Wildman–Crippen MR) is 113 cm³/mol. The van der Waals surface area contributed by atoms with Gasteiger partial charge in [0.15, 0.2) is 0 Å². The fraction of sp³-hybridized carbons (Fsp3) is 0.136. The Labute approximate surface area is 164 Å². The first-order valence-corrected chi connectivity index (χ1v) is 9.13. The third-order valence-electron chi connectivity index (χ3n) is 4.22. The van der Waals surface area contributed by atoms with Crippen LogP contribution in [0.15, 0.2) is 61.3 Å². The second kappa shape index (κ2) is 7.94. The highest BCUT2D eigenvalue weighted by atomic mass is 35.5. The number of aromatic nitrogens is 1. The third-order valence-corrected chi connectivity index (χ3v) is 4.97. The molecule has 132 valence electrons. The molecular weight excluding hydrogens is 363 g/mol. The van der Waals surface area contributed by atoms with E-state index in [2.05, 4.69) is 48.1 Å². The smallest absolute Gasteiger partial charge is 0.134 e. The number of fused-ring (bicyclic) bond motifs is 1. The number of aryl methyl sites for hydroxylation is 2. The summed E-state index contributed by atoms with van der Waals surface area (Å²) in [6.45, 7) is 7.73. The summed E-state index contributed by atoms with van der Waals surface area (Å²) in [5.41, 5.74) is 6.10. The summed E-state index contributed by atoms with van der Waals surface area (Å²) in [6.07, 6.45) is 6.05. The van der Waals surface area contributed by atoms with E-state index in [0.717, 1.165) is 38.8 Å². The van der Waals surface area contributed by atoms with Gasteiger partial charge in [0.25, 0.3) is 0 Å². The lowest BCUT2D eigenvalue weighted by molar-refractivity contribution is 1.16. The van der Waals surface area contributed by atoms with E-state index in [4.69, 9.17) is 23.2 Å². The van der Waals surface area contributed by atoms with Gasteiger partial charge in [-0.25, -0.2) is 4.98 Å². The molecule has 0 spiro atoms. The molecule has 0 aliphatic rings. The van der Waals surface area contributed by atoms with Gasteiger partial charge in [-0.15, -0.1) is 0 Å². The quantitative estimate of drug-likeness (QED) is 0.384. The molecule has 0 aliphatic carbocycles. The fourth-order valence-corrected chi connectivity index (χ4v) is 3.57. The zero-order valence-corrected chi connectivity index (χ0v) is 16.3. The molecule has 0 radical (unpaired) electrons. The second-order valence-electron chi connectivity index (χ2n) is 6.29. The second-order valence-corrected chi connectivity index (χ2v) is 7.02. The summed E-state index contributed by atoms with van der Waals surface area (Å²) in [7, 11) is 0. The Morgan fingerprint density at radius 2 is 1.85 bits per heavy atom. The molecule has 4 heteroatoms. The number of hydrogen-bond donors (Lipinski definition) is 1. The van der Waals surface area contributed by atoms with Crippen LogP contribution in [-0.4, -0.2) is 4.98 Å². The number of halogens is 2. The molecular formula is C22H20Cl2N2. The number of hydrogen-bond acceptors (Lipinski definition) is 2. The van der Waals surface area contributed by atoms with Crippen LogP contribution in [0.3, 0.4) is 0 Å². The van der Waals surface area contributed by atoms with Crippen molar-refractivity contribution in [1.29, 1.82) is 0 Å². The molecule has 0 aliphatic heterocycles. The van der Waals surface area contributed by atoms with Crippen LogP contribution >= 0.6 is 23.2 Å². The number of rotatable bonds is 5. The minimum atomic E-state index is 0.463. The number of pyridine rings is 1. The number of benzene rings is 2. The Hall–Kier alpha value is -2.29. The first-order chi connectivity index (χ1) is 12.5. The van der Waals surface area contributed by atoms with Crippen LogP contribution in [0, 0.1) is 13.8 Å². The summed E-state index contributed by atoms with van der Waals surface area (Å²) < 4.78 is 0. The largest absolute Gasteiger partial charge is 0.362 e. The van der Waals surface area contributed by atoms with Crippen molar-refractivity contribution >= 4 is 39.8 Å².